The first-order valence-electron chi connectivity index (χ1n) is 9.76. The van der Waals surface area contributed by atoms with E-state index in [0.29, 0.717) is 12.5 Å². The first-order valence-corrected chi connectivity index (χ1v) is 9.76. The van der Waals surface area contributed by atoms with Crippen molar-refractivity contribution in [1.29, 1.82) is 0 Å². The predicted molar refractivity (Wildman–Crippen MR) is 108 cm³/mol. The summed E-state index contributed by atoms with van der Waals surface area (Å²) in [5.41, 5.74) is 3.62. The fourth-order valence-corrected chi connectivity index (χ4v) is 3.66. The van der Waals surface area contributed by atoms with Crippen molar-refractivity contribution in [3.8, 4) is 0 Å². The Bertz CT molecular complexity index is 734. The minimum Gasteiger partial charge on any atom is -0.338 e. The van der Waals surface area contributed by atoms with Crippen LogP contribution in [0.2, 0.25) is 0 Å². The van der Waals surface area contributed by atoms with Crippen LogP contribution in [-0.2, 0) is 13.1 Å². The molecule has 1 aromatic carbocycles. The average Bonchev–Trinajstić information content (AvgIpc) is 3.11. The van der Waals surface area contributed by atoms with E-state index in [4.69, 9.17) is 0 Å². The summed E-state index contributed by atoms with van der Waals surface area (Å²) in [7, 11) is 1.84. The quantitative estimate of drug-likeness (QED) is 0.817. The van der Waals surface area contributed by atoms with Gasteiger partial charge in [0.05, 0.1) is 0 Å². The van der Waals surface area contributed by atoms with E-state index < -0.39 is 0 Å². The number of carbonyl (C=O) groups excluding carboxylic acids is 1. The molecule has 1 N–H and O–H groups in total. The van der Waals surface area contributed by atoms with E-state index >= 15 is 0 Å². The number of amides is 2. The summed E-state index contributed by atoms with van der Waals surface area (Å²) in [6, 6.07) is 12.6. The molecule has 1 aliphatic rings. The van der Waals surface area contributed by atoms with Gasteiger partial charge in [0.2, 0.25) is 0 Å². The number of hydrogen-bond acceptors (Lipinski definition) is 3. The van der Waals surface area contributed by atoms with Gasteiger partial charge in [-0.3, -0.25) is 9.88 Å². The van der Waals surface area contributed by atoms with Gasteiger partial charge < -0.3 is 10.2 Å². The molecule has 1 saturated heterocycles. The van der Waals surface area contributed by atoms with Gasteiger partial charge in [0.15, 0.2) is 0 Å². The van der Waals surface area contributed by atoms with E-state index in [9.17, 15) is 4.79 Å². The molecule has 1 atom stereocenters. The number of carbonyl (C=O) groups is 1. The number of urea groups is 1. The van der Waals surface area contributed by atoms with Gasteiger partial charge in [-0.25, -0.2) is 4.79 Å². The topological polar surface area (TPSA) is 48.5 Å². The van der Waals surface area contributed by atoms with Crippen molar-refractivity contribution in [2.75, 3.05) is 26.7 Å². The molecule has 0 unspecified atom stereocenters. The van der Waals surface area contributed by atoms with Gasteiger partial charge in [-0.15, -0.1) is 0 Å². The Morgan fingerprint density at radius 2 is 2.11 bits per heavy atom. The summed E-state index contributed by atoms with van der Waals surface area (Å²) in [6.45, 7) is 6.66. The summed E-state index contributed by atoms with van der Waals surface area (Å²) < 4.78 is 0. The molecule has 27 heavy (non-hydrogen) atoms. The van der Waals surface area contributed by atoms with Crippen LogP contribution in [0.3, 0.4) is 0 Å². The maximum Gasteiger partial charge on any atom is 0.317 e. The van der Waals surface area contributed by atoms with Gasteiger partial charge in [-0.05, 0) is 55.0 Å². The predicted octanol–water partition coefficient (Wildman–Crippen LogP) is 3.44. The number of aryl methyl sites for hydroxylation is 1. The van der Waals surface area contributed by atoms with Crippen LogP contribution in [0, 0.1) is 12.8 Å². The number of benzene rings is 1. The second-order valence-electron chi connectivity index (χ2n) is 7.55. The van der Waals surface area contributed by atoms with Crippen molar-refractivity contribution < 1.29 is 4.79 Å². The van der Waals surface area contributed by atoms with Crippen molar-refractivity contribution in [1.82, 2.24) is 20.1 Å². The SMILES string of the molecule is Cc1cnccc1CN(C)C(=O)NCC[C@H]1CCN(Cc2ccccc2)C1. The van der Waals surface area contributed by atoms with E-state index in [2.05, 4.69) is 45.5 Å². The average molecular weight is 367 g/mol. The van der Waals surface area contributed by atoms with E-state index in [1.165, 1.54) is 12.0 Å². The molecule has 0 spiro atoms. The minimum atomic E-state index is -0.00893. The number of rotatable bonds is 7. The Morgan fingerprint density at radius 3 is 2.89 bits per heavy atom. The number of hydrogen-bond donors (Lipinski definition) is 1. The van der Waals surface area contributed by atoms with Crippen LogP contribution in [0.5, 0.6) is 0 Å². The van der Waals surface area contributed by atoms with Crippen LogP contribution < -0.4 is 5.32 Å². The number of nitrogens with one attached hydrogen (secondary N) is 1. The molecule has 2 amide bonds. The van der Waals surface area contributed by atoms with E-state index in [1.807, 2.05) is 26.2 Å². The van der Waals surface area contributed by atoms with Crippen molar-refractivity contribution >= 4 is 6.03 Å². The molecule has 3 rings (SSSR count). The van der Waals surface area contributed by atoms with Crippen molar-refractivity contribution in [2.45, 2.75) is 32.9 Å². The maximum atomic E-state index is 12.3. The van der Waals surface area contributed by atoms with Crippen LogP contribution in [0.25, 0.3) is 0 Å². The van der Waals surface area contributed by atoms with Crippen molar-refractivity contribution in [3.63, 3.8) is 0 Å². The van der Waals surface area contributed by atoms with Crippen LogP contribution >= 0.6 is 0 Å². The third-order valence-corrected chi connectivity index (χ3v) is 5.34. The normalized spacial score (nSPS) is 17.0. The largest absolute Gasteiger partial charge is 0.338 e. The fourth-order valence-electron chi connectivity index (χ4n) is 3.66. The Morgan fingerprint density at radius 1 is 1.30 bits per heavy atom. The summed E-state index contributed by atoms with van der Waals surface area (Å²) in [5.74, 6) is 0.668. The highest BCUT2D eigenvalue weighted by Gasteiger charge is 2.22. The minimum absolute atomic E-state index is 0.00893. The molecule has 0 aliphatic carbocycles. The molecule has 0 bridgehead atoms. The van der Waals surface area contributed by atoms with Crippen molar-refractivity contribution in [2.24, 2.45) is 5.92 Å². The molecule has 1 aromatic heterocycles. The van der Waals surface area contributed by atoms with Gasteiger partial charge in [-0.2, -0.15) is 0 Å². The van der Waals surface area contributed by atoms with Crippen molar-refractivity contribution in [3.05, 3.63) is 65.5 Å². The molecule has 144 valence electrons. The summed E-state index contributed by atoms with van der Waals surface area (Å²) in [5, 5.41) is 3.07. The first-order chi connectivity index (χ1) is 13.1. The number of pyridine rings is 1. The Kier molecular flexibility index (Phi) is 6.82. The molecular weight excluding hydrogens is 336 g/mol. The lowest BCUT2D eigenvalue weighted by atomic mass is 10.1. The third-order valence-electron chi connectivity index (χ3n) is 5.34. The van der Waals surface area contributed by atoms with Crippen LogP contribution in [-0.4, -0.2) is 47.5 Å². The molecule has 5 heteroatoms. The second-order valence-corrected chi connectivity index (χ2v) is 7.55. The van der Waals surface area contributed by atoms with Gasteiger partial charge in [0.25, 0.3) is 0 Å². The van der Waals surface area contributed by atoms with Gasteiger partial charge in [0.1, 0.15) is 0 Å². The van der Waals surface area contributed by atoms with Gasteiger partial charge in [-0.1, -0.05) is 30.3 Å². The number of nitrogens with zero attached hydrogens (tertiary/aromatic N) is 3. The lowest BCUT2D eigenvalue weighted by Gasteiger charge is -2.20. The molecule has 1 aliphatic heterocycles. The maximum absolute atomic E-state index is 12.3. The molecule has 5 nitrogen and oxygen atoms in total. The Labute approximate surface area is 162 Å². The van der Waals surface area contributed by atoms with E-state index in [0.717, 1.165) is 43.7 Å². The Balaban J connectivity index is 1.36. The third kappa shape index (κ3) is 5.79. The zero-order valence-corrected chi connectivity index (χ0v) is 16.4. The van der Waals surface area contributed by atoms with Gasteiger partial charge in [0, 0.05) is 45.6 Å². The highest BCUT2D eigenvalue weighted by Crippen LogP contribution is 2.21. The molecule has 1 fully saturated rings. The monoisotopic (exact) mass is 366 g/mol. The summed E-state index contributed by atoms with van der Waals surface area (Å²) in [6.07, 6.45) is 5.87. The standard InChI is InChI=1S/C22H30N4O/c1-18-14-23-11-9-21(18)17-25(2)22(27)24-12-8-20-10-13-26(16-20)15-19-6-4-3-5-7-19/h3-7,9,11,14,20H,8,10,12-13,15-17H2,1-2H3,(H,24,27)/t20-/m0/s1. The first kappa shape index (κ1) is 19.4. The zero-order chi connectivity index (χ0) is 19.1. The van der Waals surface area contributed by atoms with Crippen LogP contribution in [0.1, 0.15) is 29.5 Å². The number of aromatic nitrogens is 1. The highest BCUT2D eigenvalue weighted by atomic mass is 16.2. The number of likely N-dealkylation sites (tertiary alicyclic amines) is 1. The molecule has 0 radical (unpaired) electrons. The smallest absolute Gasteiger partial charge is 0.317 e. The second kappa shape index (κ2) is 9.51. The molecule has 2 heterocycles. The highest BCUT2D eigenvalue weighted by molar-refractivity contribution is 5.73. The molecular formula is C22H30N4O. The zero-order valence-electron chi connectivity index (χ0n) is 16.4. The summed E-state index contributed by atoms with van der Waals surface area (Å²) in [4.78, 5) is 20.7. The fraction of sp³-hybridized carbons (Fsp3) is 0.455. The lowest BCUT2D eigenvalue weighted by Crippen LogP contribution is -2.38. The van der Waals surface area contributed by atoms with Crippen LogP contribution in [0.4, 0.5) is 4.79 Å². The molecule has 0 saturated carbocycles. The molecule has 2 aromatic rings. The van der Waals surface area contributed by atoms with Crippen LogP contribution in [0.15, 0.2) is 48.8 Å². The lowest BCUT2D eigenvalue weighted by molar-refractivity contribution is 0.206. The van der Waals surface area contributed by atoms with E-state index in [1.54, 1.807) is 11.1 Å². The Hall–Kier alpha value is -2.40. The summed E-state index contributed by atoms with van der Waals surface area (Å²) >= 11 is 0. The van der Waals surface area contributed by atoms with E-state index in [-0.39, 0.29) is 6.03 Å². The van der Waals surface area contributed by atoms with Gasteiger partial charge >= 0.3 is 6.03 Å².